The third-order valence-electron chi connectivity index (χ3n) is 1.51. The number of primary amides is 1. The Balaban J connectivity index is 3.99. The zero-order valence-corrected chi connectivity index (χ0v) is 7.90. The van der Waals surface area contributed by atoms with Crippen LogP contribution in [0, 0.1) is 0 Å². The smallest absolute Gasteiger partial charge is 0.369 e. The quantitative estimate of drug-likeness (QED) is 0.551. The molecule has 0 unspecified atom stereocenters. The largest absolute Gasteiger partial charge is 0.453 e. The second kappa shape index (κ2) is 5.08. The van der Waals surface area contributed by atoms with Gasteiger partial charge < -0.3 is 11.1 Å². The standard InChI is InChI=1S/C7H9F5N2O2/c8-6(9,7(10,11)12)1-2-14-5(16)3-4(13)15/h1-3H2,(H2,13,15)(H,14,16). The van der Waals surface area contributed by atoms with E-state index in [1.807, 2.05) is 0 Å². The van der Waals surface area contributed by atoms with Crippen molar-refractivity contribution < 1.29 is 31.5 Å². The molecule has 0 spiro atoms. The van der Waals surface area contributed by atoms with E-state index in [0.29, 0.717) is 0 Å². The molecule has 0 aliphatic rings. The molecule has 0 radical (unpaired) electrons. The summed E-state index contributed by atoms with van der Waals surface area (Å²) in [5.41, 5.74) is 4.59. The number of hydrogen-bond acceptors (Lipinski definition) is 2. The zero-order chi connectivity index (χ0) is 13.0. The second-order valence-corrected chi connectivity index (χ2v) is 2.95. The van der Waals surface area contributed by atoms with Crippen LogP contribution in [0.3, 0.4) is 0 Å². The number of nitrogens with two attached hydrogens (primary N) is 1. The summed E-state index contributed by atoms with van der Waals surface area (Å²) in [5, 5.41) is 1.72. The van der Waals surface area contributed by atoms with Crippen molar-refractivity contribution in [2.45, 2.75) is 24.9 Å². The maximum absolute atomic E-state index is 12.3. The minimum Gasteiger partial charge on any atom is -0.369 e. The van der Waals surface area contributed by atoms with Gasteiger partial charge in [0.15, 0.2) is 0 Å². The van der Waals surface area contributed by atoms with Gasteiger partial charge in [-0.3, -0.25) is 9.59 Å². The fraction of sp³-hybridized carbons (Fsp3) is 0.714. The maximum atomic E-state index is 12.3. The van der Waals surface area contributed by atoms with Crippen molar-refractivity contribution in [2.24, 2.45) is 5.73 Å². The molecule has 0 aromatic heterocycles. The fourth-order valence-electron chi connectivity index (χ4n) is 0.721. The van der Waals surface area contributed by atoms with E-state index in [0.717, 1.165) is 0 Å². The number of alkyl halides is 5. The first-order valence-electron chi connectivity index (χ1n) is 4.06. The van der Waals surface area contributed by atoms with Crippen LogP contribution in [0.15, 0.2) is 0 Å². The van der Waals surface area contributed by atoms with Crippen LogP contribution >= 0.6 is 0 Å². The lowest BCUT2D eigenvalue weighted by Crippen LogP contribution is -2.40. The van der Waals surface area contributed by atoms with E-state index in [-0.39, 0.29) is 0 Å². The van der Waals surface area contributed by atoms with Gasteiger partial charge in [0.05, 0.1) is 0 Å². The minimum atomic E-state index is -5.65. The van der Waals surface area contributed by atoms with E-state index < -0.39 is 43.3 Å². The molecule has 0 bridgehead atoms. The van der Waals surface area contributed by atoms with Gasteiger partial charge in [0.1, 0.15) is 6.42 Å². The van der Waals surface area contributed by atoms with Crippen molar-refractivity contribution >= 4 is 11.8 Å². The highest BCUT2D eigenvalue weighted by atomic mass is 19.4. The molecule has 3 N–H and O–H groups in total. The van der Waals surface area contributed by atoms with Crippen LogP contribution in [0.1, 0.15) is 12.8 Å². The molecule has 2 amide bonds. The van der Waals surface area contributed by atoms with Crippen LogP contribution < -0.4 is 11.1 Å². The van der Waals surface area contributed by atoms with Crippen molar-refractivity contribution in [3.05, 3.63) is 0 Å². The Kier molecular flexibility index (Phi) is 4.63. The number of amides is 2. The van der Waals surface area contributed by atoms with Gasteiger partial charge in [0, 0.05) is 13.0 Å². The van der Waals surface area contributed by atoms with Crippen LogP contribution in [0.25, 0.3) is 0 Å². The molecule has 4 nitrogen and oxygen atoms in total. The second-order valence-electron chi connectivity index (χ2n) is 2.95. The highest BCUT2D eigenvalue weighted by Gasteiger charge is 2.56. The van der Waals surface area contributed by atoms with Crippen molar-refractivity contribution in [1.82, 2.24) is 5.32 Å². The number of rotatable bonds is 5. The number of hydrogen-bond donors (Lipinski definition) is 2. The lowest BCUT2D eigenvalue weighted by Gasteiger charge is -2.19. The minimum absolute atomic E-state index is 0.752. The van der Waals surface area contributed by atoms with Gasteiger partial charge in [-0.1, -0.05) is 0 Å². The van der Waals surface area contributed by atoms with Gasteiger partial charge in [-0.2, -0.15) is 22.0 Å². The van der Waals surface area contributed by atoms with Gasteiger partial charge in [-0.25, -0.2) is 0 Å². The van der Waals surface area contributed by atoms with Crippen LogP contribution in [0.2, 0.25) is 0 Å². The SMILES string of the molecule is NC(=O)CC(=O)NCCC(F)(F)C(F)(F)F. The first kappa shape index (κ1) is 14.6. The Labute approximate surface area is 87.0 Å². The molecule has 94 valence electrons. The molecule has 0 rings (SSSR count). The Morgan fingerprint density at radius 3 is 2.00 bits per heavy atom. The number of carbonyl (C=O) groups is 2. The van der Waals surface area contributed by atoms with Crippen LogP contribution in [0.5, 0.6) is 0 Å². The van der Waals surface area contributed by atoms with Crippen molar-refractivity contribution in [3.63, 3.8) is 0 Å². The molecule has 9 heteroatoms. The first-order chi connectivity index (χ1) is 7.06. The number of halogens is 5. The molecule has 0 fully saturated rings. The van der Waals surface area contributed by atoms with E-state index in [1.54, 1.807) is 5.32 Å². The molecular formula is C7H9F5N2O2. The summed E-state index contributed by atoms with van der Waals surface area (Å²) in [4.78, 5) is 20.8. The van der Waals surface area contributed by atoms with E-state index >= 15 is 0 Å². The third-order valence-corrected chi connectivity index (χ3v) is 1.51. The van der Waals surface area contributed by atoms with E-state index in [9.17, 15) is 31.5 Å². The number of nitrogens with one attached hydrogen (secondary N) is 1. The molecular weight excluding hydrogens is 239 g/mol. The average Bonchev–Trinajstić information content (AvgIpc) is 1.99. The third kappa shape index (κ3) is 4.89. The molecule has 0 saturated heterocycles. The molecule has 0 aromatic carbocycles. The Hall–Kier alpha value is -1.41. The summed E-state index contributed by atoms with van der Waals surface area (Å²) in [5.74, 6) is -6.86. The van der Waals surface area contributed by atoms with Gasteiger partial charge in [-0.15, -0.1) is 0 Å². The molecule has 0 heterocycles. The Morgan fingerprint density at radius 2 is 1.62 bits per heavy atom. The molecule has 0 aliphatic heterocycles. The molecule has 0 aromatic rings. The zero-order valence-electron chi connectivity index (χ0n) is 7.90. The summed E-state index contributed by atoms with van der Waals surface area (Å²) in [6, 6.07) is 0. The van der Waals surface area contributed by atoms with Gasteiger partial charge in [0.2, 0.25) is 11.8 Å². The Morgan fingerprint density at radius 1 is 1.12 bits per heavy atom. The summed E-state index contributed by atoms with van der Waals surface area (Å²) in [6.07, 6.45) is -7.99. The summed E-state index contributed by atoms with van der Waals surface area (Å²) in [6.45, 7) is -0.890. The molecule has 0 atom stereocenters. The monoisotopic (exact) mass is 248 g/mol. The lowest BCUT2D eigenvalue weighted by atomic mass is 10.2. The maximum Gasteiger partial charge on any atom is 0.453 e. The van der Waals surface area contributed by atoms with Crippen LogP contribution in [0.4, 0.5) is 22.0 Å². The van der Waals surface area contributed by atoms with E-state index in [4.69, 9.17) is 0 Å². The van der Waals surface area contributed by atoms with Crippen LogP contribution in [-0.2, 0) is 9.59 Å². The summed E-state index contributed by atoms with van der Waals surface area (Å²) < 4.78 is 59.4. The average molecular weight is 248 g/mol. The highest BCUT2D eigenvalue weighted by Crippen LogP contribution is 2.37. The Bertz CT molecular complexity index is 276. The van der Waals surface area contributed by atoms with Crippen molar-refractivity contribution in [2.75, 3.05) is 6.54 Å². The molecule has 0 saturated carbocycles. The van der Waals surface area contributed by atoms with Crippen LogP contribution in [-0.4, -0.2) is 30.5 Å². The number of carbonyl (C=O) groups excluding carboxylic acids is 2. The molecule has 0 aliphatic carbocycles. The molecule has 16 heavy (non-hydrogen) atoms. The predicted molar refractivity (Wildman–Crippen MR) is 42.4 cm³/mol. The summed E-state index contributed by atoms with van der Waals surface area (Å²) in [7, 11) is 0. The summed E-state index contributed by atoms with van der Waals surface area (Å²) >= 11 is 0. The lowest BCUT2D eigenvalue weighted by molar-refractivity contribution is -0.283. The predicted octanol–water partition coefficient (Wildman–Crippen LogP) is 0.566. The first-order valence-corrected chi connectivity index (χ1v) is 4.06. The van der Waals surface area contributed by atoms with Gasteiger partial charge in [0.25, 0.3) is 0 Å². The topological polar surface area (TPSA) is 72.2 Å². The van der Waals surface area contributed by atoms with Crippen molar-refractivity contribution in [1.29, 1.82) is 0 Å². The van der Waals surface area contributed by atoms with E-state index in [1.165, 1.54) is 0 Å². The van der Waals surface area contributed by atoms with Gasteiger partial charge >= 0.3 is 12.1 Å². The van der Waals surface area contributed by atoms with Crippen molar-refractivity contribution in [3.8, 4) is 0 Å². The fourth-order valence-corrected chi connectivity index (χ4v) is 0.721. The van der Waals surface area contributed by atoms with Gasteiger partial charge in [-0.05, 0) is 0 Å². The normalized spacial score (nSPS) is 12.3. The van der Waals surface area contributed by atoms with E-state index in [2.05, 4.69) is 5.73 Å². The highest BCUT2D eigenvalue weighted by molar-refractivity contribution is 5.95.